The van der Waals surface area contributed by atoms with E-state index in [0.29, 0.717) is 23.6 Å². The predicted molar refractivity (Wildman–Crippen MR) is 145 cm³/mol. The maximum atomic E-state index is 13.5. The molecule has 0 unspecified atom stereocenters. The van der Waals surface area contributed by atoms with Gasteiger partial charge >= 0.3 is 0 Å². The third-order valence-electron chi connectivity index (χ3n) is 5.79. The van der Waals surface area contributed by atoms with Gasteiger partial charge in [-0.3, -0.25) is 4.98 Å². The Kier molecular flexibility index (Phi) is 8.38. The standard InChI is InChI=1S/C27H30BrN3O3S/c1-19(2)30-14-5-6-22(18-34-23-10-9-21-17-29-15-13-20(21)16-23)31-35(32,33)27-12-11-26(28)24-7-3-4-8-25(24)27/h3-4,7-13,15-17,19,22,30-31H,5-6,14,18H2,1-2H3/t22-/m0/s1. The van der Waals surface area contributed by atoms with Gasteiger partial charge in [-0.1, -0.05) is 54.0 Å². The predicted octanol–water partition coefficient (Wildman–Crippen LogP) is 5.65. The Morgan fingerprint density at radius 3 is 2.60 bits per heavy atom. The smallest absolute Gasteiger partial charge is 0.241 e. The molecular weight excluding hydrogens is 526 g/mol. The second-order valence-corrected chi connectivity index (χ2v) is 11.4. The number of rotatable bonds is 11. The van der Waals surface area contributed by atoms with Crippen LogP contribution in [0.4, 0.5) is 0 Å². The number of nitrogens with zero attached hydrogens (tertiary/aromatic N) is 1. The summed E-state index contributed by atoms with van der Waals surface area (Å²) in [6.45, 7) is 5.22. The van der Waals surface area contributed by atoms with Crippen LogP contribution in [0.25, 0.3) is 21.5 Å². The molecule has 6 nitrogen and oxygen atoms in total. The molecule has 0 aliphatic carbocycles. The summed E-state index contributed by atoms with van der Waals surface area (Å²) in [4.78, 5) is 4.40. The van der Waals surface area contributed by atoms with Crippen molar-refractivity contribution >= 4 is 47.5 Å². The van der Waals surface area contributed by atoms with E-state index in [-0.39, 0.29) is 17.5 Å². The molecule has 0 saturated carbocycles. The second kappa shape index (κ2) is 11.5. The molecule has 4 rings (SSSR count). The largest absolute Gasteiger partial charge is 0.492 e. The molecule has 0 saturated heterocycles. The summed E-state index contributed by atoms with van der Waals surface area (Å²) in [7, 11) is -3.77. The van der Waals surface area contributed by atoms with Crippen molar-refractivity contribution < 1.29 is 13.2 Å². The van der Waals surface area contributed by atoms with Gasteiger partial charge in [0.25, 0.3) is 0 Å². The number of nitrogens with one attached hydrogen (secondary N) is 2. The zero-order chi connectivity index (χ0) is 24.8. The minimum atomic E-state index is -3.77. The van der Waals surface area contributed by atoms with Gasteiger partial charge in [0.15, 0.2) is 0 Å². The Balaban J connectivity index is 1.54. The highest BCUT2D eigenvalue weighted by Gasteiger charge is 2.23. The summed E-state index contributed by atoms with van der Waals surface area (Å²) in [5.41, 5.74) is 0. The molecule has 1 heterocycles. The molecular formula is C27H30BrN3O3S. The molecule has 0 fully saturated rings. The molecule has 3 aromatic carbocycles. The molecule has 0 spiro atoms. The molecule has 1 atom stereocenters. The van der Waals surface area contributed by atoms with Crippen LogP contribution in [0.2, 0.25) is 0 Å². The SMILES string of the molecule is CC(C)NCCC[C@@H](COc1ccc2cnccc2c1)NS(=O)(=O)c1ccc(Br)c2ccccc12. The lowest BCUT2D eigenvalue weighted by atomic mass is 10.1. The van der Waals surface area contributed by atoms with Crippen molar-refractivity contribution in [2.45, 2.75) is 43.7 Å². The molecule has 8 heteroatoms. The molecule has 4 aromatic rings. The number of halogens is 1. The molecule has 2 N–H and O–H groups in total. The van der Waals surface area contributed by atoms with Crippen molar-refractivity contribution in [2.24, 2.45) is 0 Å². The van der Waals surface area contributed by atoms with Gasteiger partial charge in [-0.25, -0.2) is 13.1 Å². The number of fused-ring (bicyclic) bond motifs is 2. The van der Waals surface area contributed by atoms with E-state index in [2.05, 4.69) is 44.8 Å². The number of pyridine rings is 1. The maximum absolute atomic E-state index is 13.5. The van der Waals surface area contributed by atoms with Crippen LogP contribution in [-0.2, 0) is 10.0 Å². The first-order valence-corrected chi connectivity index (χ1v) is 14.0. The molecule has 0 amide bonds. The summed E-state index contributed by atoms with van der Waals surface area (Å²) in [5, 5.41) is 6.98. The Morgan fingerprint density at radius 1 is 1.00 bits per heavy atom. The fourth-order valence-electron chi connectivity index (χ4n) is 4.02. The van der Waals surface area contributed by atoms with Crippen LogP contribution in [0.1, 0.15) is 26.7 Å². The van der Waals surface area contributed by atoms with E-state index in [9.17, 15) is 8.42 Å². The Bertz CT molecular complexity index is 1410. The van der Waals surface area contributed by atoms with E-state index in [1.54, 1.807) is 24.5 Å². The van der Waals surface area contributed by atoms with Gasteiger partial charge in [0, 0.05) is 33.7 Å². The molecule has 0 aliphatic heterocycles. The van der Waals surface area contributed by atoms with Crippen LogP contribution in [0, 0.1) is 0 Å². The normalized spacial score (nSPS) is 12.9. The average molecular weight is 557 g/mol. The van der Waals surface area contributed by atoms with E-state index >= 15 is 0 Å². The van der Waals surface area contributed by atoms with Gasteiger partial charge < -0.3 is 10.1 Å². The second-order valence-electron chi connectivity index (χ2n) is 8.86. The minimum Gasteiger partial charge on any atom is -0.492 e. The highest BCUT2D eigenvalue weighted by Crippen LogP contribution is 2.29. The van der Waals surface area contributed by atoms with Crippen molar-refractivity contribution in [3.05, 3.63) is 77.5 Å². The van der Waals surface area contributed by atoms with Gasteiger partial charge in [0.1, 0.15) is 12.4 Å². The number of hydrogen-bond acceptors (Lipinski definition) is 5. The minimum absolute atomic E-state index is 0.228. The molecule has 1 aromatic heterocycles. The van der Waals surface area contributed by atoms with E-state index in [0.717, 1.165) is 33.6 Å². The monoisotopic (exact) mass is 555 g/mol. The lowest BCUT2D eigenvalue weighted by Crippen LogP contribution is -2.39. The topological polar surface area (TPSA) is 80.3 Å². The Hall–Kier alpha value is -2.52. The highest BCUT2D eigenvalue weighted by molar-refractivity contribution is 9.10. The maximum Gasteiger partial charge on any atom is 0.241 e. The van der Waals surface area contributed by atoms with Crippen molar-refractivity contribution in [1.82, 2.24) is 15.0 Å². The van der Waals surface area contributed by atoms with E-state index in [1.807, 2.05) is 48.5 Å². The van der Waals surface area contributed by atoms with Crippen LogP contribution in [-0.4, -0.2) is 38.6 Å². The molecule has 0 radical (unpaired) electrons. The molecule has 35 heavy (non-hydrogen) atoms. The van der Waals surface area contributed by atoms with Crippen LogP contribution in [0.3, 0.4) is 0 Å². The van der Waals surface area contributed by atoms with Gasteiger partial charge in [0.05, 0.1) is 10.9 Å². The van der Waals surface area contributed by atoms with Crippen molar-refractivity contribution in [1.29, 1.82) is 0 Å². The van der Waals surface area contributed by atoms with Gasteiger partial charge in [-0.05, 0) is 66.6 Å². The number of benzene rings is 3. The van der Waals surface area contributed by atoms with Crippen molar-refractivity contribution in [3.8, 4) is 5.75 Å². The fraction of sp³-hybridized carbons (Fsp3) is 0.296. The van der Waals surface area contributed by atoms with E-state index in [1.165, 1.54) is 0 Å². The van der Waals surface area contributed by atoms with Crippen LogP contribution >= 0.6 is 15.9 Å². The Labute approximate surface area is 215 Å². The van der Waals surface area contributed by atoms with Crippen molar-refractivity contribution in [3.63, 3.8) is 0 Å². The van der Waals surface area contributed by atoms with Gasteiger partial charge in [0.2, 0.25) is 10.0 Å². The van der Waals surface area contributed by atoms with Gasteiger partial charge in [-0.2, -0.15) is 0 Å². The third kappa shape index (κ3) is 6.58. The number of aromatic nitrogens is 1. The molecule has 0 bridgehead atoms. The third-order valence-corrected chi connectivity index (χ3v) is 8.06. The van der Waals surface area contributed by atoms with E-state index < -0.39 is 10.0 Å². The number of hydrogen-bond donors (Lipinski definition) is 2. The lowest BCUT2D eigenvalue weighted by molar-refractivity contribution is 0.269. The van der Waals surface area contributed by atoms with Crippen LogP contribution in [0.5, 0.6) is 5.75 Å². The lowest BCUT2D eigenvalue weighted by Gasteiger charge is -2.21. The highest BCUT2D eigenvalue weighted by atomic mass is 79.9. The average Bonchev–Trinajstić information content (AvgIpc) is 2.85. The summed E-state index contributed by atoms with van der Waals surface area (Å²) in [6.07, 6.45) is 5.01. The summed E-state index contributed by atoms with van der Waals surface area (Å²) < 4.78 is 36.8. The van der Waals surface area contributed by atoms with Crippen LogP contribution in [0.15, 0.2) is 82.4 Å². The number of sulfonamides is 1. The summed E-state index contributed by atoms with van der Waals surface area (Å²) >= 11 is 3.52. The van der Waals surface area contributed by atoms with Gasteiger partial charge in [-0.15, -0.1) is 0 Å². The van der Waals surface area contributed by atoms with E-state index in [4.69, 9.17) is 4.74 Å². The zero-order valence-corrected chi connectivity index (χ0v) is 22.3. The number of ether oxygens (including phenoxy) is 1. The molecule has 0 aliphatic rings. The zero-order valence-electron chi connectivity index (χ0n) is 19.9. The van der Waals surface area contributed by atoms with Crippen LogP contribution < -0.4 is 14.8 Å². The fourth-order valence-corrected chi connectivity index (χ4v) is 5.96. The quantitative estimate of drug-likeness (QED) is 0.233. The first kappa shape index (κ1) is 25.6. The first-order valence-electron chi connectivity index (χ1n) is 11.7. The summed E-state index contributed by atoms with van der Waals surface area (Å²) in [5.74, 6) is 0.697. The first-order chi connectivity index (χ1) is 16.8. The van der Waals surface area contributed by atoms with Crippen molar-refractivity contribution in [2.75, 3.05) is 13.2 Å². The summed E-state index contributed by atoms with van der Waals surface area (Å²) in [6, 6.07) is 18.6. The molecule has 184 valence electrons. The Morgan fingerprint density at radius 2 is 1.80 bits per heavy atom.